The third-order valence-corrected chi connectivity index (χ3v) is 5.89. The summed E-state index contributed by atoms with van der Waals surface area (Å²) in [4.78, 5) is 0.288. The molecule has 1 saturated heterocycles. The fourth-order valence-corrected chi connectivity index (χ4v) is 4.43. The van der Waals surface area contributed by atoms with Crippen molar-refractivity contribution in [2.45, 2.75) is 17.7 Å². The molecule has 2 aromatic carbocycles. The van der Waals surface area contributed by atoms with Crippen molar-refractivity contribution in [2.75, 3.05) is 19.6 Å². The molecule has 2 aromatic rings. The van der Waals surface area contributed by atoms with E-state index in [2.05, 4.69) is 10.0 Å². The number of fused-ring (bicyclic) bond motifs is 1. The molecular formula is C16H19ClN2O2S. The first-order valence-electron chi connectivity index (χ1n) is 7.45. The van der Waals surface area contributed by atoms with Gasteiger partial charge in [-0.3, -0.25) is 0 Å². The molecule has 118 valence electrons. The standard InChI is InChI=1S/C16H19ClN2O2S/c17-15-7-8-16(14-6-2-1-5-13(14)15)22(20,21)19-11-12-4-3-9-18-10-12/h1-2,5-8,12,18-19H,3-4,9-11H2. The van der Waals surface area contributed by atoms with Crippen LogP contribution >= 0.6 is 11.6 Å². The molecule has 1 aliphatic heterocycles. The number of benzene rings is 2. The molecule has 1 heterocycles. The van der Waals surface area contributed by atoms with Gasteiger partial charge in [-0.15, -0.1) is 0 Å². The Morgan fingerprint density at radius 1 is 1.18 bits per heavy atom. The van der Waals surface area contributed by atoms with Gasteiger partial charge < -0.3 is 5.32 Å². The molecule has 0 amide bonds. The van der Waals surface area contributed by atoms with Crippen LogP contribution in [0.25, 0.3) is 10.8 Å². The third kappa shape index (κ3) is 3.27. The Bertz CT molecular complexity index is 771. The van der Waals surface area contributed by atoms with Gasteiger partial charge in [0.05, 0.1) is 4.90 Å². The number of halogens is 1. The monoisotopic (exact) mass is 338 g/mol. The first-order chi connectivity index (χ1) is 10.6. The van der Waals surface area contributed by atoms with Gasteiger partial charge in [0, 0.05) is 22.3 Å². The minimum Gasteiger partial charge on any atom is -0.316 e. The van der Waals surface area contributed by atoms with E-state index in [9.17, 15) is 8.42 Å². The lowest BCUT2D eigenvalue weighted by Crippen LogP contribution is -2.38. The average Bonchev–Trinajstić information content (AvgIpc) is 2.54. The molecule has 0 bridgehead atoms. The van der Waals surface area contributed by atoms with Crippen LogP contribution in [0.2, 0.25) is 5.02 Å². The Kier molecular flexibility index (Phi) is 4.68. The minimum atomic E-state index is -3.54. The topological polar surface area (TPSA) is 58.2 Å². The van der Waals surface area contributed by atoms with Gasteiger partial charge in [-0.05, 0) is 44.0 Å². The quantitative estimate of drug-likeness (QED) is 0.901. The van der Waals surface area contributed by atoms with Crippen molar-refractivity contribution in [1.82, 2.24) is 10.0 Å². The van der Waals surface area contributed by atoms with Gasteiger partial charge in [0.1, 0.15) is 0 Å². The van der Waals surface area contributed by atoms with Crippen molar-refractivity contribution in [3.63, 3.8) is 0 Å². The summed E-state index contributed by atoms with van der Waals surface area (Å²) in [6.45, 7) is 2.35. The third-order valence-electron chi connectivity index (χ3n) is 4.08. The number of hydrogen-bond donors (Lipinski definition) is 2. The normalized spacial score (nSPS) is 19.4. The zero-order valence-electron chi connectivity index (χ0n) is 12.2. The van der Waals surface area contributed by atoms with Crippen molar-refractivity contribution in [1.29, 1.82) is 0 Å². The fourth-order valence-electron chi connectivity index (χ4n) is 2.87. The van der Waals surface area contributed by atoms with E-state index in [4.69, 9.17) is 11.6 Å². The van der Waals surface area contributed by atoms with E-state index >= 15 is 0 Å². The van der Waals surface area contributed by atoms with E-state index in [1.807, 2.05) is 18.2 Å². The molecule has 1 fully saturated rings. The maximum Gasteiger partial charge on any atom is 0.241 e. The van der Waals surface area contributed by atoms with Crippen molar-refractivity contribution >= 4 is 32.4 Å². The van der Waals surface area contributed by atoms with Crippen LogP contribution in [0.1, 0.15) is 12.8 Å². The molecule has 0 aromatic heterocycles. The van der Waals surface area contributed by atoms with Crippen LogP contribution in [0, 0.1) is 5.92 Å². The molecule has 2 N–H and O–H groups in total. The van der Waals surface area contributed by atoms with E-state index in [1.54, 1.807) is 18.2 Å². The molecule has 22 heavy (non-hydrogen) atoms. The lowest BCUT2D eigenvalue weighted by atomic mass is 10.0. The second-order valence-electron chi connectivity index (χ2n) is 5.66. The highest BCUT2D eigenvalue weighted by molar-refractivity contribution is 7.89. The maximum atomic E-state index is 12.6. The van der Waals surface area contributed by atoms with Gasteiger partial charge in [0.15, 0.2) is 0 Å². The van der Waals surface area contributed by atoms with Crippen LogP contribution in [0.3, 0.4) is 0 Å². The minimum absolute atomic E-state index is 0.288. The lowest BCUT2D eigenvalue weighted by Gasteiger charge is -2.23. The van der Waals surface area contributed by atoms with E-state index < -0.39 is 10.0 Å². The Balaban J connectivity index is 1.87. The highest BCUT2D eigenvalue weighted by atomic mass is 35.5. The van der Waals surface area contributed by atoms with Crippen LogP contribution in [-0.2, 0) is 10.0 Å². The summed E-state index contributed by atoms with van der Waals surface area (Å²) >= 11 is 6.15. The van der Waals surface area contributed by atoms with Crippen molar-refractivity contribution in [3.8, 4) is 0 Å². The number of hydrogen-bond acceptors (Lipinski definition) is 3. The average molecular weight is 339 g/mol. The van der Waals surface area contributed by atoms with Crippen LogP contribution < -0.4 is 10.0 Å². The first-order valence-corrected chi connectivity index (χ1v) is 9.32. The molecule has 4 nitrogen and oxygen atoms in total. The van der Waals surface area contributed by atoms with Gasteiger partial charge in [-0.25, -0.2) is 13.1 Å². The van der Waals surface area contributed by atoms with E-state index in [1.165, 1.54) is 0 Å². The van der Waals surface area contributed by atoms with E-state index in [0.29, 0.717) is 22.9 Å². The van der Waals surface area contributed by atoms with Crippen molar-refractivity contribution in [2.24, 2.45) is 5.92 Å². The van der Waals surface area contributed by atoms with Crippen molar-refractivity contribution in [3.05, 3.63) is 41.4 Å². The number of sulfonamides is 1. The van der Waals surface area contributed by atoms with E-state index in [0.717, 1.165) is 31.3 Å². The predicted molar refractivity (Wildman–Crippen MR) is 89.7 cm³/mol. The molecule has 1 aliphatic rings. The molecular weight excluding hydrogens is 320 g/mol. The molecule has 0 saturated carbocycles. The Morgan fingerprint density at radius 2 is 1.95 bits per heavy atom. The second kappa shape index (κ2) is 6.54. The summed E-state index contributed by atoms with van der Waals surface area (Å²) in [6.07, 6.45) is 2.15. The van der Waals surface area contributed by atoms with Crippen LogP contribution in [0.4, 0.5) is 0 Å². The summed E-state index contributed by atoms with van der Waals surface area (Å²) in [5, 5.41) is 5.27. The summed E-state index contributed by atoms with van der Waals surface area (Å²) in [7, 11) is -3.54. The summed E-state index contributed by atoms with van der Waals surface area (Å²) in [5.74, 6) is 0.349. The largest absolute Gasteiger partial charge is 0.316 e. The number of nitrogens with one attached hydrogen (secondary N) is 2. The predicted octanol–water partition coefficient (Wildman–Crippen LogP) is 2.77. The fraction of sp³-hybridized carbons (Fsp3) is 0.375. The van der Waals surface area contributed by atoms with Crippen LogP contribution in [0.5, 0.6) is 0 Å². The summed E-state index contributed by atoms with van der Waals surface area (Å²) < 4.78 is 28.0. The van der Waals surface area contributed by atoms with Crippen molar-refractivity contribution < 1.29 is 8.42 Å². The molecule has 0 radical (unpaired) electrons. The number of rotatable bonds is 4. The first kappa shape index (κ1) is 15.7. The maximum absolute atomic E-state index is 12.6. The lowest BCUT2D eigenvalue weighted by molar-refractivity contribution is 0.376. The number of piperidine rings is 1. The van der Waals surface area contributed by atoms with Gasteiger partial charge in [0.25, 0.3) is 0 Å². The molecule has 0 spiro atoms. The van der Waals surface area contributed by atoms with Gasteiger partial charge in [0.2, 0.25) is 10.0 Å². The van der Waals surface area contributed by atoms with E-state index in [-0.39, 0.29) is 4.90 Å². The van der Waals surface area contributed by atoms with Gasteiger partial charge in [-0.1, -0.05) is 35.9 Å². The summed E-state index contributed by atoms with van der Waals surface area (Å²) in [6, 6.07) is 10.5. The zero-order chi connectivity index (χ0) is 15.6. The summed E-state index contributed by atoms with van der Waals surface area (Å²) in [5.41, 5.74) is 0. The Morgan fingerprint density at radius 3 is 2.68 bits per heavy atom. The zero-order valence-corrected chi connectivity index (χ0v) is 13.8. The smallest absolute Gasteiger partial charge is 0.241 e. The molecule has 1 unspecified atom stereocenters. The molecule has 6 heteroatoms. The molecule has 3 rings (SSSR count). The second-order valence-corrected chi connectivity index (χ2v) is 7.80. The SMILES string of the molecule is O=S(=O)(NCC1CCCNC1)c1ccc(Cl)c2ccccc12. The Hall–Kier alpha value is -1.14. The molecule has 0 aliphatic carbocycles. The van der Waals surface area contributed by atoms with Gasteiger partial charge in [-0.2, -0.15) is 0 Å². The van der Waals surface area contributed by atoms with Gasteiger partial charge >= 0.3 is 0 Å². The highest BCUT2D eigenvalue weighted by Gasteiger charge is 2.21. The van der Waals surface area contributed by atoms with Crippen LogP contribution in [-0.4, -0.2) is 28.1 Å². The van der Waals surface area contributed by atoms with Crippen LogP contribution in [0.15, 0.2) is 41.3 Å². The molecule has 1 atom stereocenters. The Labute approximate surface area is 135 Å². The highest BCUT2D eigenvalue weighted by Crippen LogP contribution is 2.29.